The highest BCUT2D eigenvalue weighted by Gasteiger charge is 2.15. The van der Waals surface area contributed by atoms with Crippen LogP contribution in [-0.4, -0.2) is 6.04 Å². The van der Waals surface area contributed by atoms with Gasteiger partial charge in [-0.15, -0.1) is 0 Å². The summed E-state index contributed by atoms with van der Waals surface area (Å²) in [4.78, 5) is 0. The van der Waals surface area contributed by atoms with Crippen LogP contribution in [0.2, 0.25) is 0 Å². The SMILES string of the molecule is CCCCCCCCC(CCC)C(N)CCC. The molecule has 104 valence electrons. The Kier molecular flexibility index (Phi) is 12.4. The minimum absolute atomic E-state index is 0.454. The summed E-state index contributed by atoms with van der Waals surface area (Å²) in [5, 5.41) is 0. The lowest BCUT2D eigenvalue weighted by molar-refractivity contribution is 0.336. The van der Waals surface area contributed by atoms with Gasteiger partial charge in [-0.25, -0.2) is 0 Å². The molecule has 0 amide bonds. The molecule has 1 nitrogen and oxygen atoms in total. The molecule has 0 aliphatic heterocycles. The second-order valence-corrected chi connectivity index (χ2v) is 5.56. The van der Waals surface area contributed by atoms with Crippen LogP contribution in [0.1, 0.15) is 91.4 Å². The quantitative estimate of drug-likeness (QED) is 0.462. The van der Waals surface area contributed by atoms with Crippen LogP contribution >= 0.6 is 0 Å². The molecule has 0 saturated heterocycles. The first-order chi connectivity index (χ1) is 8.26. The molecule has 0 fully saturated rings. The normalized spacial score (nSPS) is 14.8. The molecule has 0 aliphatic rings. The van der Waals surface area contributed by atoms with E-state index in [2.05, 4.69) is 20.8 Å². The molecule has 17 heavy (non-hydrogen) atoms. The fourth-order valence-electron chi connectivity index (χ4n) is 2.70. The Morgan fingerprint density at radius 3 is 1.82 bits per heavy atom. The molecule has 0 saturated carbocycles. The van der Waals surface area contributed by atoms with Gasteiger partial charge in [-0.2, -0.15) is 0 Å². The van der Waals surface area contributed by atoms with Gasteiger partial charge < -0.3 is 5.73 Å². The molecule has 2 atom stereocenters. The van der Waals surface area contributed by atoms with Crippen LogP contribution in [0.5, 0.6) is 0 Å². The predicted molar refractivity (Wildman–Crippen MR) is 79.3 cm³/mol. The lowest BCUT2D eigenvalue weighted by Crippen LogP contribution is -2.29. The molecule has 2 unspecified atom stereocenters. The van der Waals surface area contributed by atoms with Gasteiger partial charge in [0.1, 0.15) is 0 Å². The van der Waals surface area contributed by atoms with Crippen molar-refractivity contribution in [3.05, 3.63) is 0 Å². The summed E-state index contributed by atoms with van der Waals surface area (Å²) in [5.41, 5.74) is 6.28. The van der Waals surface area contributed by atoms with E-state index in [1.54, 1.807) is 0 Å². The summed E-state index contributed by atoms with van der Waals surface area (Å²) in [6, 6.07) is 0.454. The highest BCUT2D eigenvalue weighted by Crippen LogP contribution is 2.21. The van der Waals surface area contributed by atoms with Gasteiger partial charge in [-0.05, 0) is 25.2 Å². The average Bonchev–Trinajstić information content (AvgIpc) is 2.32. The second kappa shape index (κ2) is 12.4. The van der Waals surface area contributed by atoms with Gasteiger partial charge in [0, 0.05) is 6.04 Å². The lowest BCUT2D eigenvalue weighted by atomic mass is 9.87. The van der Waals surface area contributed by atoms with Crippen molar-refractivity contribution in [3.8, 4) is 0 Å². The van der Waals surface area contributed by atoms with Gasteiger partial charge in [-0.1, -0.05) is 72.1 Å². The van der Waals surface area contributed by atoms with E-state index in [9.17, 15) is 0 Å². The van der Waals surface area contributed by atoms with Gasteiger partial charge >= 0.3 is 0 Å². The molecule has 0 aromatic heterocycles. The first-order valence-corrected chi connectivity index (χ1v) is 8.01. The van der Waals surface area contributed by atoms with Gasteiger partial charge in [-0.3, -0.25) is 0 Å². The first-order valence-electron chi connectivity index (χ1n) is 8.01. The maximum Gasteiger partial charge on any atom is 0.00670 e. The monoisotopic (exact) mass is 241 g/mol. The standard InChI is InChI=1S/C16H35N/c1-4-7-8-9-10-11-14-15(12-5-2)16(17)13-6-3/h15-16H,4-14,17H2,1-3H3. The highest BCUT2D eigenvalue weighted by molar-refractivity contribution is 4.72. The summed E-state index contributed by atoms with van der Waals surface area (Å²) in [6.45, 7) is 6.81. The number of hydrogen-bond donors (Lipinski definition) is 1. The molecule has 0 heterocycles. The van der Waals surface area contributed by atoms with Crippen molar-refractivity contribution < 1.29 is 0 Å². The topological polar surface area (TPSA) is 26.0 Å². The lowest BCUT2D eigenvalue weighted by Gasteiger charge is -2.23. The van der Waals surface area contributed by atoms with E-state index >= 15 is 0 Å². The summed E-state index contributed by atoms with van der Waals surface area (Å²) in [5.74, 6) is 0.783. The molecule has 0 aliphatic carbocycles. The van der Waals surface area contributed by atoms with Gasteiger partial charge in [0.15, 0.2) is 0 Å². The van der Waals surface area contributed by atoms with E-state index < -0.39 is 0 Å². The average molecular weight is 241 g/mol. The van der Waals surface area contributed by atoms with Crippen LogP contribution in [0.4, 0.5) is 0 Å². The third-order valence-corrected chi connectivity index (χ3v) is 3.82. The van der Waals surface area contributed by atoms with Crippen LogP contribution in [0.3, 0.4) is 0 Å². The summed E-state index contributed by atoms with van der Waals surface area (Å²) >= 11 is 0. The van der Waals surface area contributed by atoms with Crippen molar-refractivity contribution in [2.45, 2.75) is 97.4 Å². The maximum absolute atomic E-state index is 6.28. The summed E-state index contributed by atoms with van der Waals surface area (Å²) in [7, 11) is 0. The maximum atomic E-state index is 6.28. The molecule has 0 aromatic carbocycles. The van der Waals surface area contributed by atoms with E-state index in [-0.39, 0.29) is 0 Å². The Balaban J connectivity index is 3.61. The van der Waals surface area contributed by atoms with Crippen molar-refractivity contribution in [2.75, 3.05) is 0 Å². The molecule has 0 bridgehead atoms. The van der Waals surface area contributed by atoms with Crippen LogP contribution < -0.4 is 5.73 Å². The minimum Gasteiger partial charge on any atom is -0.327 e. The van der Waals surface area contributed by atoms with Crippen molar-refractivity contribution in [1.29, 1.82) is 0 Å². The molecule has 0 rings (SSSR count). The van der Waals surface area contributed by atoms with Gasteiger partial charge in [0.2, 0.25) is 0 Å². The Bertz CT molecular complexity index is 144. The zero-order chi connectivity index (χ0) is 12.9. The van der Waals surface area contributed by atoms with Crippen LogP contribution in [0.15, 0.2) is 0 Å². The molecule has 0 spiro atoms. The summed E-state index contributed by atoms with van der Waals surface area (Å²) in [6.07, 6.45) is 14.8. The van der Waals surface area contributed by atoms with E-state index in [4.69, 9.17) is 5.73 Å². The molecular formula is C16H35N. The zero-order valence-electron chi connectivity index (χ0n) is 12.5. The molecule has 1 heteroatoms. The van der Waals surface area contributed by atoms with Crippen LogP contribution in [0, 0.1) is 5.92 Å². The Morgan fingerprint density at radius 2 is 1.24 bits per heavy atom. The third kappa shape index (κ3) is 9.64. The van der Waals surface area contributed by atoms with Crippen molar-refractivity contribution in [3.63, 3.8) is 0 Å². The van der Waals surface area contributed by atoms with Crippen molar-refractivity contribution in [1.82, 2.24) is 0 Å². The number of hydrogen-bond acceptors (Lipinski definition) is 1. The van der Waals surface area contributed by atoms with E-state index in [1.807, 2.05) is 0 Å². The largest absolute Gasteiger partial charge is 0.327 e. The Labute approximate surface area is 110 Å². The Hall–Kier alpha value is -0.0400. The van der Waals surface area contributed by atoms with Crippen LogP contribution in [-0.2, 0) is 0 Å². The molecule has 2 N–H and O–H groups in total. The number of unbranched alkanes of at least 4 members (excludes halogenated alkanes) is 5. The van der Waals surface area contributed by atoms with Gasteiger partial charge in [0.05, 0.1) is 0 Å². The Morgan fingerprint density at radius 1 is 0.647 bits per heavy atom. The third-order valence-electron chi connectivity index (χ3n) is 3.82. The van der Waals surface area contributed by atoms with Gasteiger partial charge in [0.25, 0.3) is 0 Å². The predicted octanol–water partition coefficient (Wildman–Crippen LogP) is 5.28. The van der Waals surface area contributed by atoms with Crippen LogP contribution in [0.25, 0.3) is 0 Å². The zero-order valence-corrected chi connectivity index (χ0v) is 12.5. The fraction of sp³-hybridized carbons (Fsp3) is 1.00. The molecular weight excluding hydrogens is 206 g/mol. The fourth-order valence-corrected chi connectivity index (χ4v) is 2.70. The van der Waals surface area contributed by atoms with E-state index in [1.165, 1.54) is 70.6 Å². The highest BCUT2D eigenvalue weighted by atomic mass is 14.6. The van der Waals surface area contributed by atoms with E-state index in [0.29, 0.717) is 6.04 Å². The molecule has 0 radical (unpaired) electrons. The van der Waals surface area contributed by atoms with E-state index in [0.717, 1.165) is 5.92 Å². The first kappa shape index (κ1) is 17.0. The second-order valence-electron chi connectivity index (χ2n) is 5.56. The number of nitrogens with two attached hydrogens (primary N) is 1. The molecule has 0 aromatic rings. The summed E-state index contributed by atoms with van der Waals surface area (Å²) < 4.78 is 0. The van der Waals surface area contributed by atoms with Crippen molar-refractivity contribution >= 4 is 0 Å². The smallest absolute Gasteiger partial charge is 0.00670 e. The minimum atomic E-state index is 0.454. The number of rotatable bonds is 12. The van der Waals surface area contributed by atoms with Crippen molar-refractivity contribution in [2.24, 2.45) is 11.7 Å².